The molecule has 0 bridgehead atoms. The third-order valence-corrected chi connectivity index (χ3v) is 4.44. The highest BCUT2D eigenvalue weighted by molar-refractivity contribution is 7.17. The van der Waals surface area contributed by atoms with Crippen LogP contribution in [-0.4, -0.2) is 18.3 Å². The number of thiophene rings is 1. The van der Waals surface area contributed by atoms with Gasteiger partial charge in [0.05, 0.1) is 0 Å². The minimum atomic E-state index is 0.293. The van der Waals surface area contributed by atoms with Gasteiger partial charge >= 0.3 is 0 Å². The summed E-state index contributed by atoms with van der Waals surface area (Å²) in [5, 5.41) is 16.1. The van der Waals surface area contributed by atoms with E-state index >= 15 is 0 Å². The zero-order valence-corrected chi connectivity index (χ0v) is 11.7. The number of fused-ring (bicyclic) bond motifs is 1. The smallest absolute Gasteiger partial charge is 0.0434 e. The molecule has 1 aromatic heterocycles. The molecule has 2 aromatic rings. The molecule has 18 heavy (non-hydrogen) atoms. The summed E-state index contributed by atoms with van der Waals surface area (Å²) >= 11 is 1.81. The van der Waals surface area contributed by atoms with Gasteiger partial charge in [-0.3, -0.25) is 0 Å². The Balaban J connectivity index is 1.90. The van der Waals surface area contributed by atoms with Crippen molar-refractivity contribution in [2.45, 2.75) is 26.3 Å². The lowest BCUT2D eigenvalue weighted by Gasteiger charge is -2.14. The fourth-order valence-electron chi connectivity index (χ4n) is 2.21. The van der Waals surface area contributed by atoms with E-state index in [0.717, 1.165) is 25.9 Å². The number of rotatable bonds is 7. The molecule has 0 aliphatic rings. The highest BCUT2D eigenvalue weighted by Gasteiger charge is 2.06. The van der Waals surface area contributed by atoms with E-state index in [2.05, 4.69) is 41.9 Å². The molecular formula is C15H21NOS. The van der Waals surface area contributed by atoms with Gasteiger partial charge < -0.3 is 10.4 Å². The molecule has 1 atom stereocenters. The van der Waals surface area contributed by atoms with Gasteiger partial charge in [-0.15, -0.1) is 11.3 Å². The first-order valence-corrected chi connectivity index (χ1v) is 7.49. The Labute approximate surface area is 113 Å². The Kier molecular flexibility index (Phi) is 5.17. The van der Waals surface area contributed by atoms with Crippen molar-refractivity contribution in [3.8, 4) is 0 Å². The summed E-state index contributed by atoms with van der Waals surface area (Å²) in [7, 11) is 0. The van der Waals surface area contributed by atoms with Crippen molar-refractivity contribution in [3.63, 3.8) is 0 Å². The van der Waals surface area contributed by atoms with Gasteiger partial charge in [-0.2, -0.15) is 0 Å². The number of benzene rings is 1. The first-order valence-electron chi connectivity index (χ1n) is 6.61. The van der Waals surface area contributed by atoms with Crippen molar-refractivity contribution in [3.05, 3.63) is 35.2 Å². The van der Waals surface area contributed by atoms with Crippen LogP contribution in [0.3, 0.4) is 0 Å². The summed E-state index contributed by atoms with van der Waals surface area (Å²) in [6.07, 6.45) is 2.02. The zero-order chi connectivity index (χ0) is 12.8. The van der Waals surface area contributed by atoms with Crippen LogP contribution in [0.2, 0.25) is 0 Å². The molecule has 0 amide bonds. The molecule has 0 spiro atoms. The number of hydrogen-bond donors (Lipinski definition) is 2. The third kappa shape index (κ3) is 3.31. The monoisotopic (exact) mass is 263 g/mol. The normalized spacial score (nSPS) is 13.0. The van der Waals surface area contributed by atoms with E-state index in [0.29, 0.717) is 12.5 Å². The third-order valence-electron chi connectivity index (χ3n) is 3.42. The van der Waals surface area contributed by atoms with Gasteiger partial charge in [0.25, 0.3) is 0 Å². The van der Waals surface area contributed by atoms with Crippen LogP contribution in [0, 0.1) is 5.92 Å². The second-order valence-electron chi connectivity index (χ2n) is 4.67. The molecule has 2 rings (SSSR count). The molecule has 3 heteroatoms. The second kappa shape index (κ2) is 6.88. The fraction of sp³-hybridized carbons (Fsp3) is 0.467. The van der Waals surface area contributed by atoms with E-state index in [1.54, 1.807) is 0 Å². The molecule has 1 heterocycles. The summed E-state index contributed by atoms with van der Waals surface area (Å²) in [5.41, 5.74) is 1.38. The molecule has 1 unspecified atom stereocenters. The molecule has 0 saturated heterocycles. The van der Waals surface area contributed by atoms with Crippen molar-refractivity contribution < 1.29 is 5.11 Å². The first-order chi connectivity index (χ1) is 8.85. The topological polar surface area (TPSA) is 32.3 Å². The second-order valence-corrected chi connectivity index (χ2v) is 5.59. The van der Waals surface area contributed by atoms with E-state index in [1.165, 1.54) is 15.6 Å². The molecule has 0 saturated carbocycles. The van der Waals surface area contributed by atoms with Crippen molar-refractivity contribution in [2.75, 3.05) is 13.2 Å². The predicted octanol–water partition coefficient (Wildman–Crippen LogP) is 3.40. The van der Waals surface area contributed by atoms with Crippen LogP contribution in [0.5, 0.6) is 0 Å². The molecule has 98 valence electrons. The first kappa shape index (κ1) is 13.5. The molecule has 0 aliphatic carbocycles. The number of aliphatic hydroxyl groups excluding tert-OH is 1. The van der Waals surface area contributed by atoms with Gasteiger partial charge in [-0.25, -0.2) is 0 Å². The summed E-state index contributed by atoms with van der Waals surface area (Å²) in [6, 6.07) is 8.54. The highest BCUT2D eigenvalue weighted by atomic mass is 32.1. The quantitative estimate of drug-likeness (QED) is 0.802. The van der Waals surface area contributed by atoms with Crippen LogP contribution in [-0.2, 0) is 6.54 Å². The van der Waals surface area contributed by atoms with Crippen molar-refractivity contribution in [1.29, 1.82) is 0 Å². The van der Waals surface area contributed by atoms with Crippen molar-refractivity contribution in [1.82, 2.24) is 5.32 Å². The van der Waals surface area contributed by atoms with E-state index in [4.69, 9.17) is 5.11 Å². The SMILES string of the molecule is CCC(CCO)CNCc1csc2ccccc12. The Hall–Kier alpha value is -0.900. The van der Waals surface area contributed by atoms with Gasteiger partial charge in [0.1, 0.15) is 0 Å². The van der Waals surface area contributed by atoms with Gasteiger partial charge in [0.15, 0.2) is 0 Å². The largest absolute Gasteiger partial charge is 0.396 e. The van der Waals surface area contributed by atoms with E-state index in [9.17, 15) is 0 Å². The van der Waals surface area contributed by atoms with Gasteiger partial charge in [-0.1, -0.05) is 31.5 Å². The fourth-order valence-corrected chi connectivity index (χ4v) is 3.18. The summed E-state index contributed by atoms with van der Waals surface area (Å²) in [5.74, 6) is 0.583. The Bertz CT molecular complexity index is 480. The Morgan fingerprint density at radius 3 is 2.94 bits per heavy atom. The van der Waals surface area contributed by atoms with Crippen LogP contribution in [0.25, 0.3) is 10.1 Å². The van der Waals surface area contributed by atoms with Crippen LogP contribution in [0.15, 0.2) is 29.6 Å². The van der Waals surface area contributed by atoms with E-state index in [-0.39, 0.29) is 0 Å². The molecule has 0 radical (unpaired) electrons. The Morgan fingerprint density at radius 2 is 2.17 bits per heavy atom. The zero-order valence-electron chi connectivity index (χ0n) is 10.9. The standard InChI is InChI=1S/C15H21NOS/c1-2-12(7-8-17)9-16-10-13-11-18-15-6-4-3-5-14(13)15/h3-6,11-12,16-17H,2,7-10H2,1H3. The van der Waals surface area contributed by atoms with Crippen molar-refractivity contribution in [2.24, 2.45) is 5.92 Å². The molecule has 2 N–H and O–H groups in total. The number of aliphatic hydroxyl groups is 1. The predicted molar refractivity (Wildman–Crippen MR) is 79.0 cm³/mol. The average Bonchev–Trinajstić information content (AvgIpc) is 2.81. The molecule has 2 nitrogen and oxygen atoms in total. The van der Waals surface area contributed by atoms with Crippen LogP contribution < -0.4 is 5.32 Å². The maximum Gasteiger partial charge on any atom is 0.0434 e. The van der Waals surface area contributed by atoms with Crippen LogP contribution >= 0.6 is 11.3 Å². The maximum atomic E-state index is 8.97. The Morgan fingerprint density at radius 1 is 1.33 bits per heavy atom. The average molecular weight is 263 g/mol. The summed E-state index contributed by atoms with van der Waals surface area (Å²) in [4.78, 5) is 0. The lowest BCUT2D eigenvalue weighted by Crippen LogP contribution is -2.22. The van der Waals surface area contributed by atoms with Crippen molar-refractivity contribution >= 4 is 21.4 Å². The molecule has 0 aliphatic heterocycles. The van der Waals surface area contributed by atoms with E-state index < -0.39 is 0 Å². The minimum absolute atomic E-state index is 0.293. The maximum absolute atomic E-state index is 8.97. The van der Waals surface area contributed by atoms with Crippen LogP contribution in [0.1, 0.15) is 25.3 Å². The van der Waals surface area contributed by atoms with E-state index in [1.807, 2.05) is 11.3 Å². The van der Waals surface area contributed by atoms with Gasteiger partial charge in [0, 0.05) is 17.9 Å². The molecular weight excluding hydrogens is 242 g/mol. The lowest BCUT2D eigenvalue weighted by atomic mass is 10.0. The van der Waals surface area contributed by atoms with Gasteiger partial charge in [0.2, 0.25) is 0 Å². The summed E-state index contributed by atoms with van der Waals surface area (Å²) in [6.45, 7) is 4.39. The highest BCUT2D eigenvalue weighted by Crippen LogP contribution is 2.25. The van der Waals surface area contributed by atoms with Gasteiger partial charge in [-0.05, 0) is 41.3 Å². The number of nitrogens with one attached hydrogen (secondary N) is 1. The lowest BCUT2D eigenvalue weighted by molar-refractivity contribution is 0.251. The minimum Gasteiger partial charge on any atom is -0.396 e. The molecule has 0 fully saturated rings. The molecule has 1 aromatic carbocycles. The summed E-state index contributed by atoms with van der Waals surface area (Å²) < 4.78 is 1.36. The number of hydrogen-bond acceptors (Lipinski definition) is 3. The van der Waals surface area contributed by atoms with Crippen LogP contribution in [0.4, 0.5) is 0 Å².